The van der Waals surface area contributed by atoms with Gasteiger partial charge in [0.05, 0.1) is 11.0 Å². The van der Waals surface area contributed by atoms with Crippen molar-refractivity contribution >= 4 is 17.5 Å². The molecule has 1 aliphatic heterocycles. The molecule has 0 radical (unpaired) electrons. The minimum absolute atomic E-state index is 0.000390. The topological polar surface area (TPSA) is 88.7 Å². The number of aryl methyl sites for hydroxylation is 1. The first-order chi connectivity index (χ1) is 16.6. The third kappa shape index (κ3) is 4.96. The first-order valence-electron chi connectivity index (χ1n) is 11.6. The molecule has 4 rings (SSSR count). The molecule has 0 saturated carbocycles. The number of nitro benzene ring substituents is 1. The van der Waals surface area contributed by atoms with E-state index >= 15 is 0 Å². The van der Waals surface area contributed by atoms with E-state index in [0.717, 1.165) is 16.8 Å². The lowest BCUT2D eigenvalue weighted by Gasteiger charge is -2.41. The normalized spacial score (nSPS) is 15.4. The second-order valence-electron chi connectivity index (χ2n) is 9.89. The van der Waals surface area contributed by atoms with E-state index in [1.807, 2.05) is 58.2 Å². The van der Waals surface area contributed by atoms with Crippen LogP contribution in [0.5, 0.6) is 0 Å². The Bertz CT molecular complexity index is 1240. The van der Waals surface area contributed by atoms with Crippen LogP contribution in [-0.2, 0) is 11.3 Å². The summed E-state index contributed by atoms with van der Waals surface area (Å²) < 4.78 is 2.09. The molecule has 0 spiro atoms. The predicted molar refractivity (Wildman–Crippen MR) is 133 cm³/mol. The van der Waals surface area contributed by atoms with Crippen LogP contribution in [0.4, 0.5) is 5.69 Å². The van der Waals surface area contributed by atoms with Crippen LogP contribution in [0.25, 0.3) is 0 Å². The van der Waals surface area contributed by atoms with Gasteiger partial charge in [-0.2, -0.15) is 0 Å². The van der Waals surface area contributed by atoms with Crippen LogP contribution in [0.15, 0.2) is 66.9 Å². The number of fused-ring (bicyclic) bond motifs is 1. The van der Waals surface area contributed by atoms with E-state index in [9.17, 15) is 19.7 Å². The zero-order valence-electron chi connectivity index (χ0n) is 20.5. The number of rotatable bonds is 5. The molecule has 2 heterocycles. The summed E-state index contributed by atoms with van der Waals surface area (Å²) in [7, 11) is 0. The molecule has 0 unspecified atom stereocenters. The molecule has 1 aromatic heterocycles. The Balaban J connectivity index is 1.65. The Labute approximate surface area is 204 Å². The van der Waals surface area contributed by atoms with Crippen molar-refractivity contribution in [2.24, 2.45) is 0 Å². The monoisotopic (exact) mass is 474 g/mol. The highest BCUT2D eigenvalue weighted by Crippen LogP contribution is 2.34. The average molecular weight is 475 g/mol. The largest absolute Gasteiger partial charge is 0.348 e. The molecule has 0 saturated heterocycles. The Hall–Kier alpha value is -3.94. The van der Waals surface area contributed by atoms with Gasteiger partial charge >= 0.3 is 0 Å². The SMILES string of the molecule is Cc1ccc(C(=O)N(CC(=O)N2CCn3cccc3[C@H]2c2ccc([N+](=O)[O-])cc2)C(C)(C)C)cc1. The first-order valence-corrected chi connectivity index (χ1v) is 11.6. The van der Waals surface area contributed by atoms with E-state index in [-0.39, 0.29) is 24.0 Å². The highest BCUT2D eigenvalue weighted by Gasteiger charge is 2.36. The summed E-state index contributed by atoms with van der Waals surface area (Å²) >= 11 is 0. The lowest BCUT2D eigenvalue weighted by molar-refractivity contribution is -0.384. The van der Waals surface area contributed by atoms with E-state index in [2.05, 4.69) is 4.57 Å². The molecule has 1 aliphatic rings. The van der Waals surface area contributed by atoms with Crippen LogP contribution >= 0.6 is 0 Å². The van der Waals surface area contributed by atoms with Gasteiger partial charge in [-0.1, -0.05) is 17.7 Å². The van der Waals surface area contributed by atoms with Crippen molar-refractivity contribution in [1.29, 1.82) is 0 Å². The smallest absolute Gasteiger partial charge is 0.269 e. The lowest BCUT2D eigenvalue weighted by atomic mass is 9.98. The van der Waals surface area contributed by atoms with Gasteiger partial charge in [-0.15, -0.1) is 0 Å². The van der Waals surface area contributed by atoms with Crippen molar-refractivity contribution in [3.8, 4) is 0 Å². The van der Waals surface area contributed by atoms with Crippen LogP contribution < -0.4 is 0 Å². The van der Waals surface area contributed by atoms with Crippen molar-refractivity contribution in [2.75, 3.05) is 13.1 Å². The summed E-state index contributed by atoms with van der Waals surface area (Å²) in [6, 6.07) is 17.2. The Kier molecular flexibility index (Phi) is 6.47. The lowest BCUT2D eigenvalue weighted by Crippen LogP contribution is -2.53. The van der Waals surface area contributed by atoms with Gasteiger partial charge in [0.2, 0.25) is 5.91 Å². The summed E-state index contributed by atoms with van der Waals surface area (Å²) in [6.07, 6.45) is 1.97. The number of hydrogen-bond acceptors (Lipinski definition) is 4. The van der Waals surface area contributed by atoms with Gasteiger partial charge in [0, 0.05) is 48.2 Å². The zero-order valence-corrected chi connectivity index (χ0v) is 20.5. The van der Waals surface area contributed by atoms with Crippen LogP contribution in [0.3, 0.4) is 0 Å². The number of hydrogen-bond donors (Lipinski definition) is 0. The Morgan fingerprint density at radius 2 is 1.69 bits per heavy atom. The van der Waals surface area contributed by atoms with Gasteiger partial charge in [0.1, 0.15) is 6.54 Å². The number of nitrogens with zero attached hydrogens (tertiary/aromatic N) is 4. The standard InChI is InChI=1S/C27H30N4O4/c1-19-7-9-21(10-8-19)26(33)30(27(2,3)4)18-24(32)29-17-16-28-15-5-6-23(28)25(29)20-11-13-22(14-12-20)31(34)35/h5-15,25H,16-18H2,1-4H3/t25-/m1/s1. The number of benzene rings is 2. The van der Waals surface area contributed by atoms with Gasteiger partial charge in [0.15, 0.2) is 0 Å². The molecule has 2 aromatic carbocycles. The van der Waals surface area contributed by atoms with Crippen molar-refractivity contribution in [3.63, 3.8) is 0 Å². The second kappa shape index (κ2) is 9.37. The number of amides is 2. The van der Waals surface area contributed by atoms with Gasteiger partial charge < -0.3 is 14.4 Å². The molecule has 8 nitrogen and oxygen atoms in total. The maximum absolute atomic E-state index is 13.8. The molecule has 35 heavy (non-hydrogen) atoms. The molecule has 0 fully saturated rings. The molecule has 2 amide bonds. The summed E-state index contributed by atoms with van der Waals surface area (Å²) in [4.78, 5) is 41.3. The van der Waals surface area contributed by atoms with Gasteiger partial charge in [0.25, 0.3) is 11.6 Å². The van der Waals surface area contributed by atoms with E-state index in [4.69, 9.17) is 0 Å². The number of carbonyl (C=O) groups is 2. The fraction of sp³-hybridized carbons (Fsp3) is 0.333. The molecule has 3 aromatic rings. The Morgan fingerprint density at radius 1 is 1.03 bits per heavy atom. The zero-order chi connectivity index (χ0) is 25.3. The average Bonchev–Trinajstić information content (AvgIpc) is 3.30. The maximum Gasteiger partial charge on any atom is 0.269 e. The second-order valence-corrected chi connectivity index (χ2v) is 9.89. The summed E-state index contributed by atoms with van der Waals surface area (Å²) in [5, 5.41) is 11.1. The molecular weight excluding hydrogens is 444 g/mol. The number of non-ortho nitro benzene ring substituents is 1. The molecule has 1 atom stereocenters. The molecular formula is C27H30N4O4. The fourth-order valence-electron chi connectivity index (χ4n) is 4.47. The fourth-order valence-corrected chi connectivity index (χ4v) is 4.47. The quantitative estimate of drug-likeness (QED) is 0.400. The summed E-state index contributed by atoms with van der Waals surface area (Å²) in [5.74, 6) is -0.366. The Morgan fingerprint density at radius 3 is 2.29 bits per heavy atom. The molecule has 0 aliphatic carbocycles. The maximum atomic E-state index is 13.8. The van der Waals surface area contributed by atoms with Crippen molar-refractivity contribution in [2.45, 2.75) is 45.8 Å². The minimum Gasteiger partial charge on any atom is -0.348 e. The predicted octanol–water partition coefficient (Wildman–Crippen LogP) is 4.58. The molecule has 182 valence electrons. The van der Waals surface area contributed by atoms with Crippen molar-refractivity contribution in [3.05, 3.63) is 99.4 Å². The van der Waals surface area contributed by atoms with E-state index in [1.165, 1.54) is 12.1 Å². The summed E-state index contributed by atoms with van der Waals surface area (Å²) in [5.41, 5.74) is 2.75. The number of aromatic nitrogens is 1. The highest BCUT2D eigenvalue weighted by molar-refractivity contribution is 5.97. The van der Waals surface area contributed by atoms with Crippen LogP contribution in [-0.4, -0.2) is 49.7 Å². The molecule has 0 N–H and O–H groups in total. The van der Waals surface area contributed by atoms with E-state index in [0.29, 0.717) is 18.7 Å². The molecule has 8 heteroatoms. The van der Waals surface area contributed by atoms with Crippen molar-refractivity contribution in [1.82, 2.24) is 14.4 Å². The van der Waals surface area contributed by atoms with Crippen molar-refractivity contribution < 1.29 is 14.5 Å². The minimum atomic E-state index is -0.573. The number of carbonyl (C=O) groups excluding carboxylic acids is 2. The van der Waals surface area contributed by atoms with E-state index < -0.39 is 16.5 Å². The van der Waals surface area contributed by atoms with Crippen LogP contribution in [0.1, 0.15) is 54.0 Å². The third-order valence-electron chi connectivity index (χ3n) is 6.43. The summed E-state index contributed by atoms with van der Waals surface area (Å²) in [6.45, 7) is 8.76. The first kappa shape index (κ1) is 24.2. The molecule has 0 bridgehead atoms. The van der Waals surface area contributed by atoms with Crippen LogP contribution in [0.2, 0.25) is 0 Å². The van der Waals surface area contributed by atoms with Gasteiger partial charge in [-0.25, -0.2) is 0 Å². The van der Waals surface area contributed by atoms with Crippen LogP contribution in [0, 0.1) is 17.0 Å². The highest BCUT2D eigenvalue weighted by atomic mass is 16.6. The number of nitro groups is 1. The van der Waals surface area contributed by atoms with Gasteiger partial charge in [-0.05, 0) is 69.7 Å². The van der Waals surface area contributed by atoms with Gasteiger partial charge in [-0.3, -0.25) is 19.7 Å². The third-order valence-corrected chi connectivity index (χ3v) is 6.43. The van der Waals surface area contributed by atoms with E-state index in [1.54, 1.807) is 34.1 Å².